The largest absolute Gasteiger partial charge is 0.341 e. The monoisotopic (exact) mass is 312 g/mol. The van der Waals surface area contributed by atoms with E-state index in [1.54, 1.807) is 11.3 Å². The van der Waals surface area contributed by atoms with Crippen LogP contribution in [0, 0.1) is 0 Å². The number of rotatable bonds is 6. The van der Waals surface area contributed by atoms with Gasteiger partial charge in [-0.2, -0.15) is 0 Å². The fourth-order valence-electron chi connectivity index (χ4n) is 2.11. The van der Waals surface area contributed by atoms with E-state index in [4.69, 9.17) is 0 Å². The Balaban J connectivity index is 0.00000200. The van der Waals surface area contributed by atoms with Gasteiger partial charge in [0.25, 0.3) is 0 Å². The summed E-state index contributed by atoms with van der Waals surface area (Å²) in [6, 6.07) is 8.35. The summed E-state index contributed by atoms with van der Waals surface area (Å²) < 4.78 is 1.29. The fourth-order valence-corrected chi connectivity index (χ4v) is 3.06. The molecule has 2 aromatic rings. The lowest BCUT2D eigenvalue weighted by atomic mass is 10.1. The summed E-state index contributed by atoms with van der Waals surface area (Å²) in [5.74, 6) is 0.213. The van der Waals surface area contributed by atoms with Crippen LogP contribution in [0.1, 0.15) is 18.4 Å². The highest BCUT2D eigenvalue weighted by Gasteiger charge is 2.11. The van der Waals surface area contributed by atoms with Crippen LogP contribution in [-0.2, 0) is 11.3 Å². The van der Waals surface area contributed by atoms with Crippen LogP contribution >= 0.6 is 23.7 Å². The second-order valence-corrected chi connectivity index (χ2v) is 5.63. The van der Waals surface area contributed by atoms with E-state index in [1.165, 1.54) is 15.6 Å². The van der Waals surface area contributed by atoms with E-state index in [2.05, 4.69) is 28.9 Å². The predicted octanol–water partition coefficient (Wildman–Crippen LogP) is 3.28. The summed E-state index contributed by atoms with van der Waals surface area (Å²) in [5, 5.41) is 6.48. The molecule has 3 nitrogen and oxygen atoms in total. The van der Waals surface area contributed by atoms with Crippen molar-refractivity contribution in [1.29, 1.82) is 0 Å². The molecule has 0 bridgehead atoms. The highest BCUT2D eigenvalue weighted by atomic mass is 35.5. The van der Waals surface area contributed by atoms with Crippen molar-refractivity contribution in [1.82, 2.24) is 10.2 Å². The highest BCUT2D eigenvalue weighted by Crippen LogP contribution is 2.26. The molecule has 110 valence electrons. The van der Waals surface area contributed by atoms with Crippen LogP contribution in [0.2, 0.25) is 0 Å². The highest BCUT2D eigenvalue weighted by molar-refractivity contribution is 7.17. The van der Waals surface area contributed by atoms with Crippen molar-refractivity contribution in [2.75, 3.05) is 20.6 Å². The Morgan fingerprint density at radius 1 is 1.35 bits per heavy atom. The van der Waals surface area contributed by atoms with Crippen molar-refractivity contribution in [3.05, 3.63) is 35.2 Å². The van der Waals surface area contributed by atoms with Gasteiger partial charge in [0.15, 0.2) is 0 Å². The van der Waals surface area contributed by atoms with Gasteiger partial charge in [-0.05, 0) is 42.4 Å². The number of amides is 1. The quantitative estimate of drug-likeness (QED) is 0.830. The minimum atomic E-state index is 0. The molecule has 0 saturated heterocycles. The molecule has 2 rings (SSSR count). The Kier molecular flexibility index (Phi) is 6.99. The van der Waals surface area contributed by atoms with Gasteiger partial charge in [0.05, 0.1) is 0 Å². The van der Waals surface area contributed by atoms with Gasteiger partial charge in [0, 0.05) is 24.7 Å². The molecule has 0 saturated carbocycles. The van der Waals surface area contributed by atoms with Crippen molar-refractivity contribution in [3.8, 4) is 0 Å². The Morgan fingerprint density at radius 2 is 2.10 bits per heavy atom. The third kappa shape index (κ3) is 4.20. The van der Waals surface area contributed by atoms with Crippen LogP contribution in [0.25, 0.3) is 10.1 Å². The zero-order valence-corrected chi connectivity index (χ0v) is 13.5. The fraction of sp³-hybridized carbons (Fsp3) is 0.400. The summed E-state index contributed by atoms with van der Waals surface area (Å²) >= 11 is 1.74. The lowest BCUT2D eigenvalue weighted by Gasteiger charge is -2.16. The molecule has 0 fully saturated rings. The maximum Gasteiger partial charge on any atom is 0.222 e. The molecule has 0 spiro atoms. The number of carbonyl (C=O) groups is 1. The van der Waals surface area contributed by atoms with Gasteiger partial charge in [-0.3, -0.25) is 4.79 Å². The van der Waals surface area contributed by atoms with Crippen LogP contribution in [0.3, 0.4) is 0 Å². The number of hydrogen-bond acceptors (Lipinski definition) is 3. The Morgan fingerprint density at radius 3 is 2.85 bits per heavy atom. The first-order valence-electron chi connectivity index (χ1n) is 6.56. The van der Waals surface area contributed by atoms with Crippen LogP contribution in [0.15, 0.2) is 29.6 Å². The molecule has 0 atom stereocenters. The molecule has 1 amide bonds. The zero-order valence-electron chi connectivity index (χ0n) is 11.9. The minimum Gasteiger partial charge on any atom is -0.341 e. The molecular weight excluding hydrogens is 292 g/mol. The van der Waals surface area contributed by atoms with Crippen molar-refractivity contribution >= 4 is 39.7 Å². The Bertz CT molecular complexity index is 556. The smallest absolute Gasteiger partial charge is 0.222 e. The van der Waals surface area contributed by atoms with Gasteiger partial charge in [0.1, 0.15) is 0 Å². The van der Waals surface area contributed by atoms with Gasteiger partial charge in [-0.25, -0.2) is 0 Å². The van der Waals surface area contributed by atoms with Crippen molar-refractivity contribution in [2.24, 2.45) is 0 Å². The molecule has 1 aromatic carbocycles. The number of thiophene rings is 1. The Labute approximate surface area is 130 Å². The van der Waals surface area contributed by atoms with E-state index in [9.17, 15) is 4.79 Å². The van der Waals surface area contributed by atoms with Crippen LogP contribution in [0.5, 0.6) is 0 Å². The van der Waals surface area contributed by atoms with E-state index in [0.29, 0.717) is 13.0 Å². The number of halogens is 1. The lowest BCUT2D eigenvalue weighted by Crippen LogP contribution is -2.26. The number of fused-ring (bicyclic) bond motifs is 1. The molecule has 0 aliphatic rings. The summed E-state index contributed by atoms with van der Waals surface area (Å²) in [6.07, 6.45) is 1.50. The molecule has 0 radical (unpaired) electrons. The summed E-state index contributed by atoms with van der Waals surface area (Å²) in [4.78, 5) is 13.8. The van der Waals surface area contributed by atoms with Gasteiger partial charge >= 0.3 is 0 Å². The maximum absolute atomic E-state index is 12.0. The topological polar surface area (TPSA) is 32.3 Å². The van der Waals surface area contributed by atoms with Crippen molar-refractivity contribution < 1.29 is 4.79 Å². The van der Waals surface area contributed by atoms with Gasteiger partial charge in [-0.1, -0.05) is 18.2 Å². The predicted molar refractivity (Wildman–Crippen MR) is 88.7 cm³/mol. The molecule has 0 aliphatic heterocycles. The van der Waals surface area contributed by atoms with E-state index < -0.39 is 0 Å². The molecule has 20 heavy (non-hydrogen) atoms. The van der Waals surface area contributed by atoms with Gasteiger partial charge in [0.2, 0.25) is 5.91 Å². The zero-order chi connectivity index (χ0) is 13.7. The van der Waals surface area contributed by atoms with Crippen LogP contribution in [0.4, 0.5) is 0 Å². The molecule has 0 unspecified atom stereocenters. The number of hydrogen-bond donors (Lipinski definition) is 1. The maximum atomic E-state index is 12.0. The van der Waals surface area contributed by atoms with E-state index in [-0.39, 0.29) is 18.3 Å². The summed E-state index contributed by atoms with van der Waals surface area (Å²) in [5.41, 5.74) is 1.24. The van der Waals surface area contributed by atoms with Crippen molar-refractivity contribution in [2.45, 2.75) is 19.4 Å². The molecule has 1 heterocycles. The average molecular weight is 313 g/mol. The van der Waals surface area contributed by atoms with E-state index in [0.717, 1.165) is 13.0 Å². The summed E-state index contributed by atoms with van der Waals surface area (Å²) in [6.45, 7) is 1.59. The molecule has 0 aliphatic carbocycles. The number of benzene rings is 1. The average Bonchev–Trinajstić information content (AvgIpc) is 2.82. The standard InChI is InChI=1S/C15H20N2OS.ClH/c1-16-9-5-8-15(18)17(2)10-12-11-19-14-7-4-3-6-13(12)14;/h3-4,6-7,11,16H,5,8-10H2,1-2H3;1H. The van der Waals surface area contributed by atoms with E-state index >= 15 is 0 Å². The Hall–Kier alpha value is -1.10. The number of nitrogens with zero attached hydrogens (tertiary/aromatic N) is 1. The van der Waals surface area contributed by atoms with Crippen LogP contribution in [-0.4, -0.2) is 31.4 Å². The number of carbonyl (C=O) groups excluding carboxylic acids is 1. The van der Waals surface area contributed by atoms with E-state index in [1.807, 2.05) is 25.1 Å². The minimum absolute atomic E-state index is 0. The molecule has 1 N–H and O–H groups in total. The number of nitrogens with one attached hydrogen (secondary N) is 1. The molecular formula is C15H21ClN2OS. The molecule has 1 aromatic heterocycles. The third-order valence-corrected chi connectivity index (χ3v) is 4.22. The van der Waals surface area contributed by atoms with Gasteiger partial charge in [-0.15, -0.1) is 23.7 Å². The third-order valence-electron chi connectivity index (χ3n) is 3.21. The SMILES string of the molecule is CNCCCC(=O)N(C)Cc1csc2ccccc12.Cl. The normalized spacial score (nSPS) is 10.3. The first kappa shape index (κ1) is 17.0. The first-order valence-corrected chi connectivity index (χ1v) is 7.44. The summed E-state index contributed by atoms with van der Waals surface area (Å²) in [7, 11) is 3.79. The second-order valence-electron chi connectivity index (χ2n) is 4.71. The second kappa shape index (κ2) is 8.25. The lowest BCUT2D eigenvalue weighted by molar-refractivity contribution is -0.130. The van der Waals surface area contributed by atoms with Gasteiger partial charge < -0.3 is 10.2 Å². The first-order chi connectivity index (χ1) is 9.22. The molecule has 5 heteroatoms. The van der Waals surface area contributed by atoms with Crippen LogP contribution < -0.4 is 5.32 Å². The van der Waals surface area contributed by atoms with Crippen molar-refractivity contribution in [3.63, 3.8) is 0 Å².